The second-order valence-corrected chi connectivity index (χ2v) is 5.77. The average molecular weight is 354 g/mol. The minimum Gasteiger partial charge on any atom is -0.449 e. The molecule has 0 atom stereocenters. The third-order valence-electron chi connectivity index (χ3n) is 3.65. The fourth-order valence-electron chi connectivity index (χ4n) is 2.06. The van der Waals surface area contributed by atoms with E-state index in [9.17, 15) is 14.0 Å². The predicted octanol–water partition coefficient (Wildman–Crippen LogP) is 3.02. The predicted molar refractivity (Wildman–Crippen MR) is 92.3 cm³/mol. The molecule has 0 heterocycles. The zero-order valence-corrected chi connectivity index (χ0v) is 15.2. The van der Waals surface area contributed by atoms with Crippen molar-refractivity contribution in [3.63, 3.8) is 0 Å². The Labute approximate surface area is 148 Å². The number of halogens is 1. The van der Waals surface area contributed by atoms with Crippen LogP contribution in [-0.4, -0.2) is 55.7 Å². The van der Waals surface area contributed by atoms with Gasteiger partial charge in [0.1, 0.15) is 5.82 Å². The van der Waals surface area contributed by atoms with Crippen LogP contribution < -0.4 is 0 Å². The van der Waals surface area contributed by atoms with Crippen LogP contribution in [0.5, 0.6) is 0 Å². The van der Waals surface area contributed by atoms with Gasteiger partial charge in [-0.3, -0.25) is 9.69 Å². The van der Waals surface area contributed by atoms with Crippen molar-refractivity contribution in [2.24, 2.45) is 0 Å². The molecule has 0 bridgehead atoms. The highest BCUT2D eigenvalue weighted by atomic mass is 19.1. The van der Waals surface area contributed by atoms with Gasteiger partial charge in [0.05, 0.1) is 20.3 Å². The van der Waals surface area contributed by atoms with E-state index in [4.69, 9.17) is 9.57 Å². The third kappa shape index (κ3) is 8.60. The van der Waals surface area contributed by atoms with E-state index in [-0.39, 0.29) is 31.1 Å². The second-order valence-electron chi connectivity index (χ2n) is 5.77. The monoisotopic (exact) mass is 354 g/mol. The number of carbonyl (C=O) groups is 2. The topological polar surface area (TPSA) is 59.1 Å². The molecule has 1 aromatic rings. The number of ketones is 1. The quantitative estimate of drug-likeness (QED) is 0.452. The summed E-state index contributed by atoms with van der Waals surface area (Å²) in [5, 5.41) is 1.54. The van der Waals surface area contributed by atoms with Crippen molar-refractivity contribution in [3.8, 4) is 0 Å². The number of nitrogens with zero attached hydrogens (tertiary/aromatic N) is 2. The van der Waals surface area contributed by atoms with Gasteiger partial charge in [0, 0.05) is 26.6 Å². The summed E-state index contributed by atoms with van der Waals surface area (Å²) in [4.78, 5) is 30.7. The minimum absolute atomic E-state index is 0.0557. The van der Waals surface area contributed by atoms with Crippen LogP contribution in [0, 0.1) is 5.82 Å². The highest BCUT2D eigenvalue weighted by Gasteiger charge is 2.19. The van der Waals surface area contributed by atoms with Gasteiger partial charge in [-0.25, -0.2) is 9.18 Å². The molecule has 0 aromatic heterocycles. The molecule has 0 unspecified atom stereocenters. The summed E-state index contributed by atoms with van der Waals surface area (Å²) < 4.78 is 18.2. The van der Waals surface area contributed by atoms with Gasteiger partial charge in [-0.05, 0) is 24.1 Å². The molecule has 140 valence electrons. The van der Waals surface area contributed by atoms with E-state index >= 15 is 0 Å². The van der Waals surface area contributed by atoms with E-state index in [2.05, 4.69) is 0 Å². The fraction of sp³-hybridized carbons (Fsp3) is 0.556. The zero-order valence-electron chi connectivity index (χ0n) is 15.2. The molecule has 0 radical (unpaired) electrons. The van der Waals surface area contributed by atoms with Crippen molar-refractivity contribution < 1.29 is 23.6 Å². The van der Waals surface area contributed by atoms with Crippen molar-refractivity contribution in [2.75, 3.05) is 33.9 Å². The van der Waals surface area contributed by atoms with E-state index in [1.807, 2.05) is 6.92 Å². The van der Waals surface area contributed by atoms with Gasteiger partial charge in [0.15, 0.2) is 5.78 Å². The zero-order chi connectivity index (χ0) is 18.7. The number of carbonyl (C=O) groups excluding carboxylic acids is 2. The Bertz CT molecular complexity index is 536. The Balaban J connectivity index is 2.67. The first-order valence-electron chi connectivity index (χ1n) is 8.39. The van der Waals surface area contributed by atoms with Gasteiger partial charge in [0.25, 0.3) is 0 Å². The number of amides is 1. The fourth-order valence-corrected chi connectivity index (χ4v) is 2.06. The van der Waals surface area contributed by atoms with Crippen LogP contribution in [0.4, 0.5) is 9.18 Å². The maximum atomic E-state index is 13.0. The molecule has 0 N–H and O–H groups in total. The van der Waals surface area contributed by atoms with E-state index in [0.29, 0.717) is 13.2 Å². The van der Waals surface area contributed by atoms with Gasteiger partial charge in [-0.2, -0.15) is 5.06 Å². The maximum absolute atomic E-state index is 13.0. The summed E-state index contributed by atoms with van der Waals surface area (Å²) >= 11 is 0. The molecular weight excluding hydrogens is 327 g/mol. The molecule has 0 fully saturated rings. The number of hydrogen-bond acceptors (Lipinski definition) is 5. The molecule has 7 heteroatoms. The van der Waals surface area contributed by atoms with Gasteiger partial charge in [-0.15, -0.1) is 0 Å². The molecule has 6 nitrogen and oxygen atoms in total. The minimum atomic E-state index is -0.536. The number of benzene rings is 1. The van der Waals surface area contributed by atoms with Crippen LogP contribution >= 0.6 is 0 Å². The Hall–Kier alpha value is -1.99. The second kappa shape index (κ2) is 11.5. The average Bonchev–Trinajstić information content (AvgIpc) is 2.61. The number of rotatable bonds is 11. The molecule has 0 aliphatic carbocycles. The first kappa shape index (κ1) is 21.1. The van der Waals surface area contributed by atoms with Crippen LogP contribution in [0.2, 0.25) is 0 Å². The molecule has 1 rings (SSSR count). The van der Waals surface area contributed by atoms with Crippen LogP contribution in [0.25, 0.3) is 0 Å². The largest absolute Gasteiger partial charge is 0.449 e. The first-order chi connectivity index (χ1) is 12.0. The third-order valence-corrected chi connectivity index (χ3v) is 3.65. The lowest BCUT2D eigenvalue weighted by molar-refractivity contribution is -0.129. The molecule has 0 saturated carbocycles. The lowest BCUT2D eigenvalue weighted by atomic mass is 10.2. The van der Waals surface area contributed by atoms with Crippen molar-refractivity contribution in [2.45, 2.75) is 32.7 Å². The summed E-state index contributed by atoms with van der Waals surface area (Å²) in [6, 6.07) is 5.83. The molecule has 0 aliphatic rings. The summed E-state index contributed by atoms with van der Waals surface area (Å²) in [5.74, 6) is -0.446. The smallest absolute Gasteiger partial charge is 0.410 e. The van der Waals surface area contributed by atoms with Crippen LogP contribution in [-0.2, 0) is 20.9 Å². The summed E-state index contributed by atoms with van der Waals surface area (Å²) in [6.07, 6.45) is 1.40. The maximum Gasteiger partial charge on any atom is 0.410 e. The molecule has 1 amide bonds. The molecule has 0 saturated heterocycles. The van der Waals surface area contributed by atoms with Crippen molar-refractivity contribution >= 4 is 11.9 Å². The standard InChI is InChI=1S/C18H27FN2O4/c1-4-5-12-25-18(23)21(13-15-6-8-16(19)9-7-15)14-17(22)10-11-20(2)24-3/h6-9H,4-5,10-14H2,1-3H3. The highest BCUT2D eigenvalue weighted by molar-refractivity contribution is 5.84. The van der Waals surface area contributed by atoms with Crippen molar-refractivity contribution in [3.05, 3.63) is 35.6 Å². The number of hydrogen-bond donors (Lipinski definition) is 0. The molecular formula is C18H27FN2O4. The lowest BCUT2D eigenvalue weighted by Gasteiger charge is -2.22. The van der Waals surface area contributed by atoms with Crippen molar-refractivity contribution in [1.29, 1.82) is 0 Å². The number of Topliss-reactive ketones (excluding diaryl/α,β-unsaturated/α-hetero) is 1. The number of unbranched alkanes of at least 4 members (excludes halogenated alkanes) is 1. The SMILES string of the molecule is CCCCOC(=O)N(CC(=O)CCN(C)OC)Cc1ccc(F)cc1. The van der Waals surface area contributed by atoms with Crippen LogP contribution in [0.3, 0.4) is 0 Å². The number of hydroxylamine groups is 2. The van der Waals surface area contributed by atoms with Gasteiger partial charge >= 0.3 is 6.09 Å². The Kier molecular flexibility index (Phi) is 9.72. The summed E-state index contributed by atoms with van der Waals surface area (Å²) in [6.45, 7) is 2.89. The summed E-state index contributed by atoms with van der Waals surface area (Å²) in [7, 11) is 3.25. The molecule has 25 heavy (non-hydrogen) atoms. The van der Waals surface area contributed by atoms with Crippen LogP contribution in [0.15, 0.2) is 24.3 Å². The van der Waals surface area contributed by atoms with Crippen molar-refractivity contribution in [1.82, 2.24) is 9.96 Å². The Morgan fingerprint density at radius 2 is 1.88 bits per heavy atom. The molecule has 0 spiro atoms. The lowest BCUT2D eigenvalue weighted by Crippen LogP contribution is -2.36. The Morgan fingerprint density at radius 3 is 2.48 bits per heavy atom. The van der Waals surface area contributed by atoms with E-state index < -0.39 is 6.09 Å². The van der Waals surface area contributed by atoms with E-state index in [1.54, 1.807) is 24.2 Å². The van der Waals surface area contributed by atoms with Gasteiger partial charge < -0.3 is 9.57 Å². The van der Waals surface area contributed by atoms with Crippen LogP contribution in [0.1, 0.15) is 31.7 Å². The number of ether oxygens (including phenoxy) is 1. The molecule has 1 aromatic carbocycles. The normalized spacial score (nSPS) is 10.8. The van der Waals surface area contributed by atoms with E-state index in [1.165, 1.54) is 24.1 Å². The highest BCUT2D eigenvalue weighted by Crippen LogP contribution is 2.09. The summed E-state index contributed by atoms with van der Waals surface area (Å²) in [5.41, 5.74) is 0.732. The van der Waals surface area contributed by atoms with Gasteiger partial charge in [0.2, 0.25) is 0 Å². The van der Waals surface area contributed by atoms with Gasteiger partial charge in [-0.1, -0.05) is 25.5 Å². The Morgan fingerprint density at radius 1 is 1.20 bits per heavy atom. The first-order valence-corrected chi connectivity index (χ1v) is 8.39. The van der Waals surface area contributed by atoms with E-state index in [0.717, 1.165) is 18.4 Å². The molecule has 0 aliphatic heterocycles.